The number of carbonyl (C=O) groups is 1. The van der Waals surface area contributed by atoms with Crippen LogP contribution in [0.25, 0.3) is 0 Å². The van der Waals surface area contributed by atoms with E-state index in [1.54, 1.807) is 0 Å². The summed E-state index contributed by atoms with van der Waals surface area (Å²) in [5, 5.41) is 0. The number of aromatic nitrogens is 1. The highest BCUT2D eigenvalue weighted by Gasteiger charge is 2.32. The molecule has 3 rings (SSSR count). The number of nitrogens with zero attached hydrogens (tertiary/aromatic N) is 2. The number of carbonyl (C=O) groups excluding carboxylic acids is 1. The summed E-state index contributed by atoms with van der Waals surface area (Å²) in [5.74, 6) is 0.512. The number of Topliss-reactive ketones (excluding diaryl/α,β-unsaturated/α-hetero) is 1. The number of hydrogen-bond donors (Lipinski definition) is 0. The molecule has 1 aromatic heterocycles. The van der Waals surface area contributed by atoms with E-state index in [1.165, 1.54) is 0 Å². The predicted molar refractivity (Wildman–Crippen MR) is 97.0 cm³/mol. The standard InChI is InChI=1S/C18H28N2O4S/c1-12-7-17(15(4)20(12)16-5-6-25(22,23)11-16)18(21)10-19-8-13(2)24-14(3)9-19/h7,13-14,16H,5-6,8-11H2,1-4H3/t13-,14+,16-/m1/s1. The Labute approximate surface area is 150 Å². The summed E-state index contributed by atoms with van der Waals surface area (Å²) in [4.78, 5) is 15.0. The molecule has 0 unspecified atom stereocenters. The lowest BCUT2D eigenvalue weighted by atomic mass is 10.1. The minimum Gasteiger partial charge on any atom is -0.373 e. The van der Waals surface area contributed by atoms with Gasteiger partial charge < -0.3 is 9.30 Å². The largest absolute Gasteiger partial charge is 0.373 e. The molecule has 0 aromatic carbocycles. The molecule has 140 valence electrons. The molecule has 0 amide bonds. The van der Waals surface area contributed by atoms with Crippen LogP contribution in [0.2, 0.25) is 0 Å². The summed E-state index contributed by atoms with van der Waals surface area (Å²) in [5.41, 5.74) is 2.57. The number of hydrogen-bond acceptors (Lipinski definition) is 5. The molecular weight excluding hydrogens is 340 g/mol. The summed E-state index contributed by atoms with van der Waals surface area (Å²) in [6, 6.07) is 1.87. The zero-order valence-corrected chi connectivity index (χ0v) is 16.3. The second-order valence-corrected chi connectivity index (χ2v) is 9.81. The number of aryl methyl sites for hydroxylation is 1. The summed E-state index contributed by atoms with van der Waals surface area (Å²) < 4.78 is 31.4. The second kappa shape index (κ2) is 6.85. The van der Waals surface area contributed by atoms with Crippen LogP contribution < -0.4 is 0 Å². The Balaban J connectivity index is 1.77. The number of sulfone groups is 1. The van der Waals surface area contributed by atoms with Crippen molar-refractivity contribution < 1.29 is 17.9 Å². The SMILES string of the molecule is Cc1cc(C(=O)CN2C[C@@H](C)O[C@@H](C)C2)c(C)n1[C@@H]1CCS(=O)(=O)C1. The van der Waals surface area contributed by atoms with Crippen LogP contribution in [-0.2, 0) is 14.6 Å². The normalized spacial score (nSPS) is 29.8. The Morgan fingerprint density at radius 1 is 1.24 bits per heavy atom. The van der Waals surface area contributed by atoms with E-state index in [0.717, 1.165) is 24.5 Å². The maximum Gasteiger partial charge on any atom is 0.178 e. The zero-order valence-electron chi connectivity index (χ0n) is 15.5. The van der Waals surface area contributed by atoms with Crippen molar-refractivity contribution in [2.45, 2.75) is 52.4 Å². The molecule has 0 aliphatic carbocycles. The molecule has 2 fully saturated rings. The van der Waals surface area contributed by atoms with E-state index in [2.05, 4.69) is 4.90 Å². The van der Waals surface area contributed by atoms with Gasteiger partial charge in [0.15, 0.2) is 15.6 Å². The highest BCUT2D eigenvalue weighted by molar-refractivity contribution is 7.91. The average molecular weight is 368 g/mol. The Hall–Kier alpha value is -1.18. The minimum atomic E-state index is -2.95. The molecule has 25 heavy (non-hydrogen) atoms. The van der Waals surface area contributed by atoms with E-state index in [4.69, 9.17) is 4.74 Å². The number of morpholine rings is 1. The van der Waals surface area contributed by atoms with Gasteiger partial charge in [0.25, 0.3) is 0 Å². The molecule has 3 atom stereocenters. The van der Waals surface area contributed by atoms with Gasteiger partial charge in [-0.2, -0.15) is 0 Å². The Morgan fingerprint density at radius 3 is 2.44 bits per heavy atom. The fraction of sp³-hybridized carbons (Fsp3) is 0.722. The molecule has 7 heteroatoms. The van der Waals surface area contributed by atoms with E-state index < -0.39 is 9.84 Å². The smallest absolute Gasteiger partial charge is 0.178 e. The summed E-state index contributed by atoms with van der Waals surface area (Å²) in [6.45, 7) is 9.83. The molecule has 0 N–H and O–H groups in total. The number of ketones is 1. The predicted octanol–water partition coefficient (Wildman–Crippen LogP) is 1.76. The lowest BCUT2D eigenvalue weighted by Crippen LogP contribution is -2.47. The molecule has 2 aliphatic heterocycles. The molecule has 0 bridgehead atoms. The first-order valence-corrected chi connectivity index (χ1v) is 10.8. The summed E-state index contributed by atoms with van der Waals surface area (Å²) in [7, 11) is -2.95. The molecule has 0 spiro atoms. The highest BCUT2D eigenvalue weighted by Crippen LogP contribution is 2.29. The Bertz CT molecular complexity index is 758. The van der Waals surface area contributed by atoms with Crippen molar-refractivity contribution in [2.75, 3.05) is 31.1 Å². The first-order chi connectivity index (χ1) is 11.7. The fourth-order valence-corrected chi connectivity index (χ4v) is 6.00. The lowest BCUT2D eigenvalue weighted by molar-refractivity contribution is -0.0652. The maximum atomic E-state index is 12.8. The molecule has 6 nitrogen and oxygen atoms in total. The van der Waals surface area contributed by atoms with Gasteiger partial charge in [-0.15, -0.1) is 0 Å². The van der Waals surface area contributed by atoms with Crippen LogP contribution in [0.3, 0.4) is 0 Å². The van der Waals surface area contributed by atoms with Crippen LogP contribution in [0.1, 0.15) is 48.1 Å². The van der Waals surface area contributed by atoms with Crippen LogP contribution in [0.15, 0.2) is 6.07 Å². The van der Waals surface area contributed by atoms with Crippen LogP contribution in [0, 0.1) is 13.8 Å². The molecule has 2 saturated heterocycles. The van der Waals surface area contributed by atoms with Crippen LogP contribution in [0.5, 0.6) is 0 Å². The summed E-state index contributed by atoms with van der Waals surface area (Å²) >= 11 is 0. The highest BCUT2D eigenvalue weighted by atomic mass is 32.2. The average Bonchev–Trinajstić information content (AvgIpc) is 2.97. The maximum absolute atomic E-state index is 12.8. The molecule has 1 aromatic rings. The van der Waals surface area contributed by atoms with Gasteiger partial charge in [0, 0.05) is 36.1 Å². The van der Waals surface area contributed by atoms with Crippen LogP contribution >= 0.6 is 0 Å². The molecule has 0 radical (unpaired) electrons. The van der Waals surface area contributed by atoms with Crippen LogP contribution in [0.4, 0.5) is 0 Å². The van der Waals surface area contributed by atoms with E-state index >= 15 is 0 Å². The third kappa shape index (κ3) is 3.99. The number of ether oxygens (including phenoxy) is 1. The monoisotopic (exact) mass is 368 g/mol. The topological polar surface area (TPSA) is 68.6 Å². The van der Waals surface area contributed by atoms with Gasteiger partial charge in [0.05, 0.1) is 30.3 Å². The first kappa shape index (κ1) is 18.6. The van der Waals surface area contributed by atoms with Crippen molar-refractivity contribution in [3.63, 3.8) is 0 Å². The van der Waals surface area contributed by atoms with Gasteiger partial charge in [0.2, 0.25) is 0 Å². The molecule has 0 saturated carbocycles. The van der Waals surface area contributed by atoms with Crippen molar-refractivity contribution in [2.24, 2.45) is 0 Å². The van der Waals surface area contributed by atoms with Gasteiger partial charge in [0.1, 0.15) is 0 Å². The van der Waals surface area contributed by atoms with Gasteiger partial charge in [-0.05, 0) is 40.2 Å². The second-order valence-electron chi connectivity index (χ2n) is 7.59. The summed E-state index contributed by atoms with van der Waals surface area (Å²) in [6.07, 6.45) is 0.894. The van der Waals surface area contributed by atoms with Crippen molar-refractivity contribution in [1.29, 1.82) is 0 Å². The third-order valence-electron chi connectivity index (χ3n) is 5.22. The van der Waals surface area contributed by atoms with Gasteiger partial charge in [-0.3, -0.25) is 9.69 Å². The van der Waals surface area contributed by atoms with E-state index in [-0.39, 0.29) is 35.5 Å². The lowest BCUT2D eigenvalue weighted by Gasteiger charge is -2.34. The number of rotatable bonds is 4. The van der Waals surface area contributed by atoms with Crippen molar-refractivity contribution in [3.05, 3.63) is 23.0 Å². The quantitative estimate of drug-likeness (QED) is 0.758. The van der Waals surface area contributed by atoms with Crippen molar-refractivity contribution >= 4 is 15.6 Å². The molecule has 3 heterocycles. The minimum absolute atomic E-state index is 0.0463. The zero-order chi connectivity index (χ0) is 18.4. The van der Waals surface area contributed by atoms with E-state index in [0.29, 0.717) is 18.5 Å². The third-order valence-corrected chi connectivity index (χ3v) is 6.97. The molecule has 2 aliphatic rings. The van der Waals surface area contributed by atoms with Crippen molar-refractivity contribution in [1.82, 2.24) is 9.47 Å². The van der Waals surface area contributed by atoms with Gasteiger partial charge >= 0.3 is 0 Å². The van der Waals surface area contributed by atoms with E-state index in [9.17, 15) is 13.2 Å². The Kier molecular flexibility index (Phi) is 5.10. The van der Waals surface area contributed by atoms with Crippen LogP contribution in [-0.4, -0.2) is 67.0 Å². The first-order valence-electron chi connectivity index (χ1n) is 8.96. The van der Waals surface area contributed by atoms with Gasteiger partial charge in [-0.25, -0.2) is 8.42 Å². The van der Waals surface area contributed by atoms with E-state index in [1.807, 2.05) is 38.3 Å². The fourth-order valence-electron chi connectivity index (χ4n) is 4.30. The molecular formula is C18H28N2O4S. The van der Waals surface area contributed by atoms with Gasteiger partial charge in [-0.1, -0.05) is 0 Å². The Morgan fingerprint density at radius 2 is 1.88 bits per heavy atom. The van der Waals surface area contributed by atoms with Crippen molar-refractivity contribution in [3.8, 4) is 0 Å².